The van der Waals surface area contributed by atoms with Crippen molar-refractivity contribution in [1.82, 2.24) is 9.78 Å². The van der Waals surface area contributed by atoms with Gasteiger partial charge in [-0.05, 0) is 48.8 Å². The molecule has 0 atom stereocenters. The lowest BCUT2D eigenvalue weighted by Gasteiger charge is -2.11. The lowest BCUT2D eigenvalue weighted by Crippen LogP contribution is -2.08. The normalized spacial score (nSPS) is 10.6. The first-order chi connectivity index (χ1) is 9.54. The minimum Gasteiger partial charge on any atom is -0.487 e. The van der Waals surface area contributed by atoms with Crippen LogP contribution in [-0.4, -0.2) is 15.6 Å². The Balaban J connectivity index is 2.23. The number of Topliss-reactive ketones (excluding diaryl/α,β-unsaturated/α-hetero) is 1. The van der Waals surface area contributed by atoms with Gasteiger partial charge in [-0.3, -0.25) is 9.48 Å². The topological polar surface area (TPSA) is 44.1 Å². The van der Waals surface area contributed by atoms with Crippen molar-refractivity contribution < 1.29 is 9.53 Å². The Morgan fingerprint density at radius 1 is 1.40 bits per heavy atom. The van der Waals surface area contributed by atoms with Gasteiger partial charge in [0.15, 0.2) is 5.78 Å². The Morgan fingerprint density at radius 3 is 2.75 bits per heavy atom. The molecule has 0 N–H and O–H groups in total. The van der Waals surface area contributed by atoms with Gasteiger partial charge in [-0.1, -0.05) is 12.1 Å². The van der Waals surface area contributed by atoms with E-state index in [1.165, 1.54) is 0 Å². The number of aromatic nitrogens is 2. The zero-order valence-electron chi connectivity index (χ0n) is 11.8. The van der Waals surface area contributed by atoms with Crippen molar-refractivity contribution in [2.45, 2.75) is 33.9 Å². The Morgan fingerprint density at radius 2 is 2.10 bits per heavy atom. The Kier molecular flexibility index (Phi) is 4.60. The van der Waals surface area contributed by atoms with Crippen LogP contribution in [0.4, 0.5) is 0 Å². The average Bonchev–Trinajstić information content (AvgIpc) is 2.72. The average molecular weight is 337 g/mol. The summed E-state index contributed by atoms with van der Waals surface area (Å²) in [6, 6.07) is 7.28. The summed E-state index contributed by atoms with van der Waals surface area (Å²) in [5.74, 6) is 0.605. The number of ketones is 1. The van der Waals surface area contributed by atoms with Gasteiger partial charge < -0.3 is 4.74 Å². The molecule has 5 heteroatoms. The molecule has 0 saturated heterocycles. The third kappa shape index (κ3) is 2.93. The van der Waals surface area contributed by atoms with E-state index in [4.69, 9.17) is 4.74 Å². The van der Waals surface area contributed by atoms with Gasteiger partial charge in [-0.25, -0.2) is 0 Å². The molecule has 1 aromatic heterocycles. The van der Waals surface area contributed by atoms with E-state index in [2.05, 4.69) is 21.0 Å². The van der Waals surface area contributed by atoms with Crippen molar-refractivity contribution in [3.8, 4) is 5.75 Å². The van der Waals surface area contributed by atoms with Crippen molar-refractivity contribution in [2.24, 2.45) is 0 Å². The van der Waals surface area contributed by atoms with E-state index in [1.54, 1.807) is 13.0 Å². The fraction of sp³-hybridized carbons (Fsp3) is 0.333. The highest BCUT2D eigenvalue weighted by molar-refractivity contribution is 9.10. The summed E-state index contributed by atoms with van der Waals surface area (Å²) >= 11 is 3.53. The first kappa shape index (κ1) is 14.8. The van der Waals surface area contributed by atoms with Crippen LogP contribution in [-0.2, 0) is 13.2 Å². The second kappa shape index (κ2) is 6.22. The number of carbonyl (C=O) groups excluding carboxylic acids is 1. The van der Waals surface area contributed by atoms with Gasteiger partial charge in [0.05, 0.1) is 21.4 Å². The first-order valence-electron chi connectivity index (χ1n) is 6.49. The van der Waals surface area contributed by atoms with Crippen LogP contribution in [0.1, 0.15) is 35.6 Å². The number of aryl methyl sites for hydroxylation is 2. The van der Waals surface area contributed by atoms with E-state index in [0.29, 0.717) is 17.9 Å². The molecule has 1 heterocycles. The van der Waals surface area contributed by atoms with Gasteiger partial charge in [-0.2, -0.15) is 5.10 Å². The summed E-state index contributed by atoms with van der Waals surface area (Å²) in [5.41, 5.74) is 2.51. The van der Waals surface area contributed by atoms with Crippen molar-refractivity contribution in [2.75, 3.05) is 0 Å². The third-order valence-electron chi connectivity index (χ3n) is 3.08. The fourth-order valence-corrected chi connectivity index (χ4v) is 2.43. The number of carbonyl (C=O) groups is 1. The lowest BCUT2D eigenvalue weighted by molar-refractivity contribution is 0.101. The SMILES string of the molecule is CCn1nc(C)c(Br)c1COc1ccccc1C(C)=O. The van der Waals surface area contributed by atoms with Crippen LogP contribution in [0.15, 0.2) is 28.7 Å². The molecule has 0 saturated carbocycles. The zero-order chi connectivity index (χ0) is 14.7. The van der Waals surface area contributed by atoms with E-state index < -0.39 is 0 Å². The number of nitrogens with zero attached hydrogens (tertiary/aromatic N) is 2. The molecule has 0 fully saturated rings. The van der Waals surface area contributed by atoms with Gasteiger partial charge in [0, 0.05) is 6.54 Å². The van der Waals surface area contributed by atoms with Crippen molar-refractivity contribution in [3.63, 3.8) is 0 Å². The molecule has 0 bridgehead atoms. The minimum absolute atomic E-state index is 0.000143. The minimum atomic E-state index is -0.000143. The van der Waals surface area contributed by atoms with Gasteiger partial charge in [-0.15, -0.1) is 0 Å². The van der Waals surface area contributed by atoms with Crippen LogP contribution in [0.5, 0.6) is 5.75 Å². The van der Waals surface area contributed by atoms with Crippen LogP contribution in [0.2, 0.25) is 0 Å². The Bertz CT molecular complexity index is 635. The number of hydrogen-bond donors (Lipinski definition) is 0. The number of rotatable bonds is 5. The number of hydrogen-bond acceptors (Lipinski definition) is 3. The predicted octanol–water partition coefficient (Wildman–Crippen LogP) is 3.76. The second-order valence-electron chi connectivity index (χ2n) is 4.50. The standard InChI is InChI=1S/C15H17BrN2O2/c1-4-18-13(15(16)10(2)17-18)9-20-14-8-6-5-7-12(14)11(3)19/h5-8H,4,9H2,1-3H3. The molecule has 0 aliphatic carbocycles. The number of ether oxygens (including phenoxy) is 1. The van der Waals surface area contributed by atoms with E-state index in [1.807, 2.05) is 36.7 Å². The molecule has 1 aromatic carbocycles. The maximum atomic E-state index is 11.6. The molecular formula is C15H17BrN2O2. The maximum Gasteiger partial charge on any atom is 0.163 e. The molecule has 4 nitrogen and oxygen atoms in total. The van der Waals surface area contributed by atoms with E-state index in [0.717, 1.165) is 22.4 Å². The molecule has 2 aromatic rings. The fourth-order valence-electron chi connectivity index (χ4n) is 2.04. The van der Waals surface area contributed by atoms with Gasteiger partial charge in [0.2, 0.25) is 0 Å². The molecule has 0 aliphatic heterocycles. The Hall–Kier alpha value is -1.62. The molecular weight excluding hydrogens is 320 g/mol. The van der Waals surface area contributed by atoms with Crippen LogP contribution in [0.3, 0.4) is 0 Å². The zero-order valence-corrected chi connectivity index (χ0v) is 13.4. The summed E-state index contributed by atoms with van der Waals surface area (Å²) in [6.07, 6.45) is 0. The van der Waals surface area contributed by atoms with Crippen molar-refractivity contribution in [1.29, 1.82) is 0 Å². The lowest BCUT2D eigenvalue weighted by atomic mass is 10.1. The van der Waals surface area contributed by atoms with Gasteiger partial charge in [0.25, 0.3) is 0 Å². The molecule has 0 radical (unpaired) electrons. The van der Waals surface area contributed by atoms with Crippen LogP contribution in [0, 0.1) is 6.92 Å². The molecule has 0 aliphatic rings. The summed E-state index contributed by atoms with van der Waals surface area (Å²) in [4.78, 5) is 11.6. The molecule has 106 valence electrons. The van der Waals surface area contributed by atoms with Crippen LogP contribution >= 0.6 is 15.9 Å². The molecule has 0 unspecified atom stereocenters. The molecule has 20 heavy (non-hydrogen) atoms. The second-order valence-corrected chi connectivity index (χ2v) is 5.30. The monoisotopic (exact) mass is 336 g/mol. The highest BCUT2D eigenvalue weighted by atomic mass is 79.9. The number of benzene rings is 1. The Labute approximate surface area is 126 Å². The number of para-hydroxylation sites is 1. The van der Waals surface area contributed by atoms with E-state index in [9.17, 15) is 4.79 Å². The van der Waals surface area contributed by atoms with Crippen molar-refractivity contribution in [3.05, 3.63) is 45.7 Å². The smallest absolute Gasteiger partial charge is 0.163 e. The van der Waals surface area contributed by atoms with Gasteiger partial charge >= 0.3 is 0 Å². The molecule has 0 spiro atoms. The summed E-state index contributed by atoms with van der Waals surface area (Å²) in [5, 5.41) is 4.42. The molecule has 0 amide bonds. The highest BCUT2D eigenvalue weighted by Crippen LogP contribution is 2.24. The third-order valence-corrected chi connectivity index (χ3v) is 4.12. The van der Waals surface area contributed by atoms with E-state index >= 15 is 0 Å². The quantitative estimate of drug-likeness (QED) is 0.781. The van der Waals surface area contributed by atoms with Crippen LogP contribution in [0.25, 0.3) is 0 Å². The summed E-state index contributed by atoms with van der Waals surface area (Å²) < 4.78 is 8.67. The number of halogens is 1. The van der Waals surface area contributed by atoms with Crippen molar-refractivity contribution >= 4 is 21.7 Å². The first-order valence-corrected chi connectivity index (χ1v) is 7.28. The molecule has 2 rings (SSSR count). The summed E-state index contributed by atoms with van der Waals surface area (Å²) in [7, 11) is 0. The maximum absolute atomic E-state index is 11.6. The van der Waals surface area contributed by atoms with E-state index in [-0.39, 0.29) is 5.78 Å². The largest absolute Gasteiger partial charge is 0.487 e. The predicted molar refractivity (Wildman–Crippen MR) is 81.1 cm³/mol. The highest BCUT2D eigenvalue weighted by Gasteiger charge is 2.14. The summed E-state index contributed by atoms with van der Waals surface area (Å²) in [6.45, 7) is 6.67. The van der Waals surface area contributed by atoms with Gasteiger partial charge in [0.1, 0.15) is 12.4 Å². The van der Waals surface area contributed by atoms with Crippen LogP contribution < -0.4 is 4.74 Å².